The first-order valence-electron chi connectivity index (χ1n) is 5.92. The minimum absolute atomic E-state index is 0.213. The third kappa shape index (κ3) is 2.93. The Labute approximate surface area is 107 Å². The average molecular weight is 246 g/mol. The Morgan fingerprint density at radius 3 is 2.76 bits per heavy atom. The molecule has 0 radical (unpaired) electrons. The fourth-order valence-electron chi connectivity index (χ4n) is 1.96. The van der Waals surface area contributed by atoms with E-state index in [4.69, 9.17) is 0 Å². The molecule has 0 aliphatic heterocycles. The van der Waals surface area contributed by atoms with Crippen molar-refractivity contribution in [3.63, 3.8) is 0 Å². The second-order valence-corrected chi connectivity index (χ2v) is 5.26. The number of thiazole rings is 1. The third-order valence-electron chi connectivity index (χ3n) is 2.72. The highest BCUT2D eigenvalue weighted by Gasteiger charge is 2.15. The molecule has 0 spiro atoms. The van der Waals surface area contributed by atoms with Gasteiger partial charge in [0, 0.05) is 5.38 Å². The van der Waals surface area contributed by atoms with Gasteiger partial charge in [-0.15, -0.1) is 11.3 Å². The van der Waals surface area contributed by atoms with E-state index < -0.39 is 0 Å². The Bertz CT molecular complexity index is 490. The molecule has 1 aromatic carbocycles. The van der Waals surface area contributed by atoms with E-state index in [-0.39, 0.29) is 6.04 Å². The van der Waals surface area contributed by atoms with Crippen LogP contribution < -0.4 is 5.32 Å². The number of aryl methyl sites for hydroxylation is 2. The van der Waals surface area contributed by atoms with E-state index >= 15 is 0 Å². The number of aromatic nitrogens is 1. The van der Waals surface area contributed by atoms with Gasteiger partial charge in [0.15, 0.2) is 0 Å². The maximum atomic E-state index is 4.59. The van der Waals surface area contributed by atoms with Gasteiger partial charge in [0.2, 0.25) is 0 Å². The van der Waals surface area contributed by atoms with Crippen molar-refractivity contribution in [2.75, 3.05) is 6.54 Å². The lowest BCUT2D eigenvalue weighted by atomic mass is 10.0. The Morgan fingerprint density at radius 2 is 2.18 bits per heavy atom. The second-order valence-electron chi connectivity index (χ2n) is 4.20. The summed E-state index contributed by atoms with van der Waals surface area (Å²) in [7, 11) is 0. The monoisotopic (exact) mass is 246 g/mol. The summed E-state index contributed by atoms with van der Waals surface area (Å²) in [6.45, 7) is 7.24. The highest BCUT2D eigenvalue weighted by Crippen LogP contribution is 2.24. The molecule has 0 fully saturated rings. The maximum Gasteiger partial charge on any atom is 0.0898 e. The summed E-state index contributed by atoms with van der Waals surface area (Å²) < 4.78 is 0. The smallest absolute Gasteiger partial charge is 0.0898 e. The van der Waals surface area contributed by atoms with Gasteiger partial charge in [-0.25, -0.2) is 4.98 Å². The molecule has 2 rings (SSSR count). The quantitative estimate of drug-likeness (QED) is 0.893. The highest BCUT2D eigenvalue weighted by atomic mass is 32.1. The molecule has 1 unspecified atom stereocenters. The molecule has 90 valence electrons. The summed E-state index contributed by atoms with van der Waals surface area (Å²) >= 11 is 1.71. The zero-order chi connectivity index (χ0) is 12.3. The summed E-state index contributed by atoms with van der Waals surface area (Å²) in [5.41, 5.74) is 3.70. The van der Waals surface area contributed by atoms with Crippen molar-refractivity contribution in [3.8, 4) is 0 Å². The van der Waals surface area contributed by atoms with Crippen molar-refractivity contribution in [2.24, 2.45) is 0 Å². The number of benzene rings is 1. The van der Waals surface area contributed by atoms with Crippen molar-refractivity contribution in [2.45, 2.75) is 26.8 Å². The molecule has 0 aliphatic rings. The molecule has 3 heteroatoms. The summed E-state index contributed by atoms with van der Waals surface area (Å²) in [6.07, 6.45) is 0. The van der Waals surface area contributed by atoms with Crippen molar-refractivity contribution < 1.29 is 0 Å². The summed E-state index contributed by atoms with van der Waals surface area (Å²) in [4.78, 5) is 4.59. The van der Waals surface area contributed by atoms with Gasteiger partial charge in [-0.2, -0.15) is 0 Å². The molecule has 17 heavy (non-hydrogen) atoms. The van der Waals surface area contributed by atoms with Gasteiger partial charge in [-0.1, -0.05) is 36.8 Å². The molecule has 0 saturated carbocycles. The van der Waals surface area contributed by atoms with Gasteiger partial charge in [-0.3, -0.25) is 0 Å². The lowest BCUT2D eigenvalue weighted by molar-refractivity contribution is 0.617. The third-order valence-corrected chi connectivity index (χ3v) is 3.51. The first kappa shape index (κ1) is 12.3. The molecule has 2 nitrogen and oxygen atoms in total. The van der Waals surface area contributed by atoms with Gasteiger partial charge in [-0.05, 0) is 26.0 Å². The van der Waals surface area contributed by atoms with E-state index in [2.05, 4.69) is 53.8 Å². The fourth-order valence-corrected chi connectivity index (χ4v) is 2.60. The van der Waals surface area contributed by atoms with Crippen molar-refractivity contribution in [3.05, 3.63) is 51.5 Å². The fraction of sp³-hybridized carbons (Fsp3) is 0.357. The van der Waals surface area contributed by atoms with Gasteiger partial charge in [0.1, 0.15) is 0 Å². The van der Waals surface area contributed by atoms with Crippen molar-refractivity contribution in [1.29, 1.82) is 0 Å². The standard InChI is InChI=1S/C14H18N2S/c1-4-15-14(13-9-17-11(3)16-13)12-7-5-6-10(2)8-12/h5-9,14-15H,4H2,1-3H3. The average Bonchev–Trinajstić information content (AvgIpc) is 2.72. The van der Waals surface area contributed by atoms with Crippen LogP contribution in [0, 0.1) is 13.8 Å². The van der Waals surface area contributed by atoms with E-state index in [0.717, 1.165) is 17.2 Å². The minimum Gasteiger partial charge on any atom is -0.305 e. The lowest BCUT2D eigenvalue weighted by Gasteiger charge is -2.16. The zero-order valence-electron chi connectivity index (χ0n) is 10.5. The number of hydrogen-bond donors (Lipinski definition) is 1. The Kier molecular flexibility index (Phi) is 3.92. The van der Waals surface area contributed by atoms with Crippen LogP contribution in [-0.2, 0) is 0 Å². The van der Waals surface area contributed by atoms with Crippen LogP contribution in [0.5, 0.6) is 0 Å². The Morgan fingerprint density at radius 1 is 1.35 bits per heavy atom. The topological polar surface area (TPSA) is 24.9 Å². The molecule has 0 bridgehead atoms. The van der Waals surface area contributed by atoms with E-state index in [0.29, 0.717) is 0 Å². The number of nitrogens with one attached hydrogen (secondary N) is 1. The number of nitrogens with zero attached hydrogens (tertiary/aromatic N) is 1. The van der Waals surface area contributed by atoms with Gasteiger partial charge < -0.3 is 5.32 Å². The van der Waals surface area contributed by atoms with E-state index in [1.54, 1.807) is 11.3 Å². The maximum absolute atomic E-state index is 4.59. The predicted octanol–water partition coefficient (Wildman–Crippen LogP) is 3.46. The molecule has 2 aromatic rings. The van der Waals surface area contributed by atoms with Crippen molar-refractivity contribution >= 4 is 11.3 Å². The summed E-state index contributed by atoms with van der Waals surface area (Å²) in [5, 5.41) is 6.76. The van der Waals surface area contributed by atoms with Gasteiger partial charge >= 0.3 is 0 Å². The molecule has 0 aliphatic carbocycles. The molecule has 1 N–H and O–H groups in total. The van der Waals surface area contributed by atoms with E-state index in [9.17, 15) is 0 Å². The lowest BCUT2D eigenvalue weighted by Crippen LogP contribution is -2.22. The molecule has 1 heterocycles. The molecule has 1 atom stereocenters. The van der Waals surface area contributed by atoms with Crippen LogP contribution in [0.2, 0.25) is 0 Å². The van der Waals surface area contributed by atoms with Crippen LogP contribution >= 0.6 is 11.3 Å². The first-order valence-corrected chi connectivity index (χ1v) is 6.80. The Hall–Kier alpha value is -1.19. The van der Waals surface area contributed by atoms with E-state index in [1.165, 1.54) is 11.1 Å². The van der Waals surface area contributed by atoms with E-state index in [1.807, 2.05) is 6.92 Å². The van der Waals surface area contributed by atoms with Crippen LogP contribution in [0.25, 0.3) is 0 Å². The van der Waals surface area contributed by atoms with Crippen LogP contribution in [0.3, 0.4) is 0 Å². The van der Waals surface area contributed by atoms with Crippen molar-refractivity contribution in [1.82, 2.24) is 10.3 Å². The van der Waals surface area contributed by atoms with Crippen LogP contribution in [0.4, 0.5) is 0 Å². The van der Waals surface area contributed by atoms with Gasteiger partial charge in [0.05, 0.1) is 16.7 Å². The number of hydrogen-bond acceptors (Lipinski definition) is 3. The molecule has 0 saturated heterocycles. The van der Waals surface area contributed by atoms with Crippen LogP contribution in [0.15, 0.2) is 29.6 Å². The normalized spacial score (nSPS) is 12.6. The largest absolute Gasteiger partial charge is 0.305 e. The zero-order valence-corrected chi connectivity index (χ0v) is 11.3. The molecule has 1 aromatic heterocycles. The minimum atomic E-state index is 0.213. The second kappa shape index (κ2) is 5.43. The molecular weight excluding hydrogens is 228 g/mol. The summed E-state index contributed by atoms with van der Waals surface area (Å²) in [5.74, 6) is 0. The molecular formula is C14H18N2S. The Balaban J connectivity index is 2.35. The SMILES string of the molecule is CCNC(c1cccc(C)c1)c1csc(C)n1. The van der Waals surface area contributed by atoms with Crippen LogP contribution in [0.1, 0.15) is 34.8 Å². The predicted molar refractivity (Wildman–Crippen MR) is 73.5 cm³/mol. The van der Waals surface area contributed by atoms with Gasteiger partial charge in [0.25, 0.3) is 0 Å². The molecule has 0 amide bonds. The van der Waals surface area contributed by atoms with Crippen LogP contribution in [-0.4, -0.2) is 11.5 Å². The first-order chi connectivity index (χ1) is 8.20. The number of rotatable bonds is 4. The highest BCUT2D eigenvalue weighted by molar-refractivity contribution is 7.09. The summed E-state index contributed by atoms with van der Waals surface area (Å²) in [6, 6.07) is 8.83.